The molecule has 2 aromatic carbocycles. The standard InChI is InChI=1S/C21H21FN10O/c22-16-11-14(19-26-12-27-31-19)4-7-17(16)28-20-21(33)32(10-9-25-20)15-5-1-13(2-6-15)3-8-18(29-23)30-24/h1-2,4-7,9-12H,3,8,23-24H2,(H,25,28)(H,29,30)(H,26,27,31). The summed E-state index contributed by atoms with van der Waals surface area (Å²) in [7, 11) is 0. The first-order chi connectivity index (χ1) is 16.1. The molecule has 11 nitrogen and oxygen atoms in total. The van der Waals surface area contributed by atoms with Crippen LogP contribution < -0.4 is 28.0 Å². The lowest BCUT2D eigenvalue weighted by Crippen LogP contribution is -2.31. The highest BCUT2D eigenvalue weighted by atomic mass is 19.1. The van der Waals surface area contributed by atoms with Crippen LogP contribution in [0.15, 0.2) is 71.1 Å². The zero-order valence-corrected chi connectivity index (χ0v) is 17.4. The molecule has 0 amide bonds. The zero-order valence-electron chi connectivity index (χ0n) is 17.4. The van der Waals surface area contributed by atoms with Gasteiger partial charge in [-0.25, -0.2) is 20.2 Å². The van der Waals surface area contributed by atoms with Gasteiger partial charge >= 0.3 is 0 Å². The number of hydrazine groups is 1. The summed E-state index contributed by atoms with van der Waals surface area (Å²) in [6.07, 6.45) is 5.57. The van der Waals surface area contributed by atoms with Crippen molar-refractivity contribution in [1.29, 1.82) is 0 Å². The van der Waals surface area contributed by atoms with Crippen LogP contribution in [0, 0.1) is 5.82 Å². The van der Waals surface area contributed by atoms with Gasteiger partial charge in [-0.15, -0.1) is 0 Å². The van der Waals surface area contributed by atoms with Gasteiger partial charge in [0.05, 0.1) is 5.69 Å². The minimum Gasteiger partial charge on any atom is -0.333 e. The van der Waals surface area contributed by atoms with Gasteiger partial charge in [-0.05, 0) is 42.3 Å². The van der Waals surface area contributed by atoms with Crippen molar-refractivity contribution in [2.24, 2.45) is 16.8 Å². The lowest BCUT2D eigenvalue weighted by molar-refractivity contribution is 0.632. The molecule has 2 heterocycles. The second kappa shape index (κ2) is 9.70. The van der Waals surface area contributed by atoms with Crippen LogP contribution in [0.25, 0.3) is 17.1 Å². The molecule has 2 aromatic heterocycles. The van der Waals surface area contributed by atoms with Gasteiger partial charge in [-0.1, -0.05) is 12.1 Å². The molecule has 7 N–H and O–H groups in total. The van der Waals surface area contributed by atoms with Crippen LogP contribution in [-0.4, -0.2) is 30.6 Å². The molecule has 0 saturated heterocycles. The first kappa shape index (κ1) is 21.6. The Morgan fingerprint density at radius 2 is 2.00 bits per heavy atom. The third-order valence-corrected chi connectivity index (χ3v) is 4.94. The number of aromatic nitrogens is 5. The van der Waals surface area contributed by atoms with Crippen molar-refractivity contribution in [3.8, 4) is 17.1 Å². The Labute approximate surface area is 187 Å². The SMILES string of the molecule is N/N=C(/CCc1ccc(-n2ccnc(Nc3ccc(-c4ncn[nH]4)cc3F)c2=O)cc1)NN. The topological polar surface area (TPSA) is 165 Å². The van der Waals surface area contributed by atoms with Crippen LogP contribution in [-0.2, 0) is 6.42 Å². The number of anilines is 2. The number of H-pyrrole nitrogens is 1. The summed E-state index contributed by atoms with van der Waals surface area (Å²) in [6, 6.07) is 11.9. The molecule has 4 rings (SSSR count). The van der Waals surface area contributed by atoms with E-state index in [1.807, 2.05) is 24.3 Å². The van der Waals surface area contributed by atoms with Crippen molar-refractivity contribution in [2.75, 3.05) is 5.32 Å². The molecular formula is C21H21FN10O. The second-order valence-electron chi connectivity index (χ2n) is 6.99. The van der Waals surface area contributed by atoms with Crippen molar-refractivity contribution in [3.63, 3.8) is 0 Å². The summed E-state index contributed by atoms with van der Waals surface area (Å²) in [4.78, 5) is 21.0. The maximum Gasteiger partial charge on any atom is 0.298 e. The molecule has 4 aromatic rings. The van der Waals surface area contributed by atoms with E-state index in [2.05, 4.69) is 36.0 Å². The Bertz CT molecular complexity index is 1320. The van der Waals surface area contributed by atoms with Gasteiger partial charge < -0.3 is 16.6 Å². The third kappa shape index (κ3) is 4.85. The number of hydrazone groups is 1. The van der Waals surface area contributed by atoms with Gasteiger partial charge in [-0.3, -0.25) is 14.5 Å². The van der Waals surface area contributed by atoms with Crippen LogP contribution in [0.4, 0.5) is 15.9 Å². The number of rotatable bonds is 7. The van der Waals surface area contributed by atoms with Crippen LogP contribution >= 0.6 is 0 Å². The average Bonchev–Trinajstić information content (AvgIpc) is 3.38. The molecule has 168 valence electrons. The minimum absolute atomic E-state index is 0.00860. The number of hydrogen-bond acceptors (Lipinski definition) is 8. The summed E-state index contributed by atoms with van der Waals surface area (Å²) in [5.74, 6) is 10.9. The van der Waals surface area contributed by atoms with E-state index in [9.17, 15) is 9.18 Å². The normalized spacial score (nSPS) is 11.4. The Balaban J connectivity index is 1.53. The third-order valence-electron chi connectivity index (χ3n) is 4.94. The molecule has 0 aliphatic carbocycles. The molecule has 0 aliphatic heterocycles. The molecule has 0 bridgehead atoms. The van der Waals surface area contributed by atoms with Gasteiger partial charge in [0.15, 0.2) is 11.6 Å². The van der Waals surface area contributed by atoms with E-state index < -0.39 is 11.4 Å². The highest BCUT2D eigenvalue weighted by Gasteiger charge is 2.12. The Morgan fingerprint density at radius 1 is 1.18 bits per heavy atom. The fourth-order valence-electron chi connectivity index (χ4n) is 3.20. The molecule has 12 heteroatoms. The molecule has 33 heavy (non-hydrogen) atoms. The monoisotopic (exact) mass is 448 g/mol. The van der Waals surface area contributed by atoms with Crippen LogP contribution in [0.1, 0.15) is 12.0 Å². The highest BCUT2D eigenvalue weighted by molar-refractivity contribution is 5.81. The van der Waals surface area contributed by atoms with E-state index >= 15 is 0 Å². The number of nitrogens with two attached hydrogens (primary N) is 2. The van der Waals surface area contributed by atoms with E-state index in [0.29, 0.717) is 35.8 Å². The molecule has 0 spiro atoms. The van der Waals surface area contributed by atoms with E-state index in [1.54, 1.807) is 12.3 Å². The number of hydrogen-bond donors (Lipinski definition) is 5. The first-order valence-electron chi connectivity index (χ1n) is 9.91. The molecule has 0 aliphatic rings. The molecule has 0 radical (unpaired) electrons. The van der Waals surface area contributed by atoms with Crippen molar-refractivity contribution in [1.82, 2.24) is 30.2 Å². The number of amidine groups is 1. The number of aromatic amines is 1. The van der Waals surface area contributed by atoms with Gasteiger partial charge in [0, 0.05) is 30.1 Å². The predicted molar refractivity (Wildman–Crippen MR) is 122 cm³/mol. The Kier molecular flexibility index (Phi) is 6.36. The van der Waals surface area contributed by atoms with E-state index in [1.165, 1.54) is 29.2 Å². The fraction of sp³-hybridized carbons (Fsp3) is 0.0952. The summed E-state index contributed by atoms with van der Waals surface area (Å²) in [5.41, 5.74) is 4.31. The smallest absolute Gasteiger partial charge is 0.298 e. The number of aryl methyl sites for hydroxylation is 1. The summed E-state index contributed by atoms with van der Waals surface area (Å²) in [6.45, 7) is 0. The first-order valence-corrected chi connectivity index (χ1v) is 9.91. The van der Waals surface area contributed by atoms with Gasteiger partial charge in [0.2, 0.25) is 0 Å². The minimum atomic E-state index is -0.558. The van der Waals surface area contributed by atoms with Crippen molar-refractivity contribution in [3.05, 3.63) is 82.9 Å². The largest absolute Gasteiger partial charge is 0.333 e. The fourth-order valence-corrected chi connectivity index (χ4v) is 3.20. The molecule has 0 atom stereocenters. The maximum absolute atomic E-state index is 14.6. The van der Waals surface area contributed by atoms with Gasteiger partial charge in [0.1, 0.15) is 18.0 Å². The number of halogens is 1. The summed E-state index contributed by atoms with van der Waals surface area (Å²) in [5, 5.41) is 12.8. The molecule has 0 saturated carbocycles. The summed E-state index contributed by atoms with van der Waals surface area (Å²) < 4.78 is 16.0. The van der Waals surface area contributed by atoms with Crippen molar-refractivity contribution < 1.29 is 4.39 Å². The number of nitrogens with zero attached hydrogens (tertiary/aromatic N) is 5. The van der Waals surface area contributed by atoms with Crippen molar-refractivity contribution >= 4 is 17.3 Å². The van der Waals surface area contributed by atoms with Gasteiger partial charge in [0.25, 0.3) is 5.56 Å². The number of nitrogens with one attached hydrogen (secondary N) is 3. The van der Waals surface area contributed by atoms with Crippen LogP contribution in [0.2, 0.25) is 0 Å². The Hall–Kier alpha value is -4.58. The summed E-state index contributed by atoms with van der Waals surface area (Å²) >= 11 is 0. The Morgan fingerprint density at radius 3 is 2.67 bits per heavy atom. The van der Waals surface area contributed by atoms with E-state index in [-0.39, 0.29) is 11.5 Å². The van der Waals surface area contributed by atoms with Crippen LogP contribution in [0.3, 0.4) is 0 Å². The molecular weight excluding hydrogens is 427 g/mol. The quantitative estimate of drug-likeness (QED) is 0.123. The molecule has 0 unspecified atom stereocenters. The van der Waals surface area contributed by atoms with Gasteiger partial charge in [-0.2, -0.15) is 10.2 Å². The molecule has 0 fully saturated rings. The lowest BCUT2D eigenvalue weighted by atomic mass is 10.1. The zero-order chi connectivity index (χ0) is 23.2. The number of benzene rings is 2. The maximum atomic E-state index is 14.6. The van der Waals surface area contributed by atoms with E-state index in [4.69, 9.17) is 11.7 Å². The average molecular weight is 448 g/mol. The lowest BCUT2D eigenvalue weighted by Gasteiger charge is -2.11. The highest BCUT2D eigenvalue weighted by Crippen LogP contribution is 2.23. The van der Waals surface area contributed by atoms with E-state index in [0.717, 1.165) is 5.56 Å². The predicted octanol–water partition coefficient (Wildman–Crippen LogP) is 1.57. The second-order valence-corrected chi connectivity index (χ2v) is 6.99. The van der Waals surface area contributed by atoms with Crippen LogP contribution in [0.5, 0.6) is 0 Å². The van der Waals surface area contributed by atoms with Crippen molar-refractivity contribution in [2.45, 2.75) is 12.8 Å².